The first kappa shape index (κ1) is 23.2. The van der Waals surface area contributed by atoms with Gasteiger partial charge in [0.05, 0.1) is 13.7 Å². The normalized spacial score (nSPS) is 11.5. The van der Waals surface area contributed by atoms with Crippen molar-refractivity contribution in [1.29, 1.82) is 0 Å². The summed E-state index contributed by atoms with van der Waals surface area (Å²) < 4.78 is 24.0. The number of nitrogens with one attached hydrogen (secondary N) is 1. The summed E-state index contributed by atoms with van der Waals surface area (Å²) in [6, 6.07) is 12.5. The molecule has 0 saturated heterocycles. The Balaban J connectivity index is 1.94. The minimum atomic E-state index is -0.634. The van der Waals surface area contributed by atoms with Crippen molar-refractivity contribution in [3.63, 3.8) is 0 Å². The third-order valence-electron chi connectivity index (χ3n) is 4.65. The van der Waals surface area contributed by atoms with Crippen LogP contribution in [0.2, 0.25) is 0 Å². The summed E-state index contributed by atoms with van der Waals surface area (Å²) >= 11 is 0. The van der Waals surface area contributed by atoms with Crippen molar-refractivity contribution in [2.45, 2.75) is 39.3 Å². The molecule has 0 bridgehead atoms. The minimum absolute atomic E-state index is 0.156. The van der Waals surface area contributed by atoms with E-state index in [1.54, 1.807) is 50.4 Å². The van der Waals surface area contributed by atoms with Gasteiger partial charge in [-0.25, -0.2) is 4.39 Å². The third kappa shape index (κ3) is 7.06. The van der Waals surface area contributed by atoms with Gasteiger partial charge in [-0.05, 0) is 62.2 Å². The summed E-state index contributed by atoms with van der Waals surface area (Å²) in [6.45, 7) is 4.61. The van der Waals surface area contributed by atoms with Crippen LogP contribution in [0.4, 0.5) is 4.39 Å². The average molecular weight is 416 g/mol. The predicted octanol–water partition coefficient (Wildman–Crippen LogP) is 3.55. The third-order valence-corrected chi connectivity index (χ3v) is 4.65. The van der Waals surface area contributed by atoms with E-state index in [2.05, 4.69) is 5.32 Å². The fourth-order valence-electron chi connectivity index (χ4n) is 2.92. The smallest absolute Gasteiger partial charge is 0.242 e. The van der Waals surface area contributed by atoms with Crippen LogP contribution in [0, 0.1) is 5.82 Å². The van der Waals surface area contributed by atoms with Gasteiger partial charge in [-0.3, -0.25) is 9.59 Å². The molecule has 0 heterocycles. The lowest BCUT2D eigenvalue weighted by Gasteiger charge is -2.28. The molecule has 2 aromatic rings. The number of hydrogen-bond acceptors (Lipinski definition) is 4. The van der Waals surface area contributed by atoms with Gasteiger partial charge in [-0.1, -0.05) is 12.1 Å². The highest BCUT2D eigenvalue weighted by atomic mass is 19.1. The summed E-state index contributed by atoms with van der Waals surface area (Å²) in [7, 11) is 1.60. The molecular formula is C23H29FN2O4. The van der Waals surface area contributed by atoms with Crippen molar-refractivity contribution in [2.24, 2.45) is 0 Å². The molecule has 0 aliphatic carbocycles. The number of methoxy groups -OCH3 is 1. The molecule has 2 rings (SSSR count). The van der Waals surface area contributed by atoms with E-state index in [0.717, 1.165) is 11.3 Å². The first-order valence-electron chi connectivity index (χ1n) is 10.0. The highest BCUT2D eigenvalue weighted by Crippen LogP contribution is 2.18. The second-order valence-corrected chi connectivity index (χ2v) is 6.85. The van der Waals surface area contributed by atoms with Crippen LogP contribution in [-0.2, 0) is 16.1 Å². The van der Waals surface area contributed by atoms with Crippen molar-refractivity contribution in [3.05, 3.63) is 59.9 Å². The van der Waals surface area contributed by atoms with Crippen molar-refractivity contribution in [1.82, 2.24) is 10.2 Å². The second-order valence-electron chi connectivity index (χ2n) is 6.85. The highest BCUT2D eigenvalue weighted by Gasteiger charge is 2.25. The number of ether oxygens (including phenoxy) is 2. The summed E-state index contributed by atoms with van der Waals surface area (Å²) in [5, 5.41) is 2.75. The van der Waals surface area contributed by atoms with E-state index in [1.165, 1.54) is 17.0 Å². The lowest BCUT2D eigenvalue weighted by atomic mass is 10.1. The van der Waals surface area contributed by atoms with Gasteiger partial charge in [0.25, 0.3) is 0 Å². The first-order valence-corrected chi connectivity index (χ1v) is 10.0. The van der Waals surface area contributed by atoms with Crippen molar-refractivity contribution >= 4 is 11.8 Å². The first-order chi connectivity index (χ1) is 14.4. The Labute approximate surface area is 177 Å². The number of hydrogen-bond donors (Lipinski definition) is 1. The zero-order chi connectivity index (χ0) is 21.9. The number of amides is 2. The van der Waals surface area contributed by atoms with Gasteiger partial charge in [0, 0.05) is 19.5 Å². The lowest BCUT2D eigenvalue weighted by Crippen LogP contribution is -2.47. The Morgan fingerprint density at radius 3 is 2.30 bits per heavy atom. The molecule has 30 heavy (non-hydrogen) atoms. The van der Waals surface area contributed by atoms with Gasteiger partial charge >= 0.3 is 0 Å². The second kappa shape index (κ2) is 11.8. The van der Waals surface area contributed by atoms with Crippen LogP contribution in [0.3, 0.4) is 0 Å². The Morgan fingerprint density at radius 2 is 1.70 bits per heavy atom. The van der Waals surface area contributed by atoms with E-state index >= 15 is 0 Å². The van der Waals surface area contributed by atoms with Gasteiger partial charge < -0.3 is 19.7 Å². The maximum atomic E-state index is 13.2. The Morgan fingerprint density at radius 1 is 1.07 bits per heavy atom. The van der Waals surface area contributed by atoms with Crippen LogP contribution in [0.25, 0.3) is 0 Å². The average Bonchev–Trinajstić information content (AvgIpc) is 2.76. The van der Waals surface area contributed by atoms with Crippen LogP contribution < -0.4 is 14.8 Å². The van der Waals surface area contributed by atoms with Crippen LogP contribution in [0.5, 0.6) is 11.5 Å². The molecule has 0 aliphatic rings. The van der Waals surface area contributed by atoms with Gasteiger partial charge in [0.15, 0.2) is 0 Å². The predicted molar refractivity (Wildman–Crippen MR) is 113 cm³/mol. The largest absolute Gasteiger partial charge is 0.497 e. The SMILES string of the molecule is CCNC(=O)[C@@H](C)N(Cc1ccc(F)cc1)C(=O)CCCOc1ccc(OC)cc1. The molecule has 0 spiro atoms. The van der Waals surface area contributed by atoms with Crippen molar-refractivity contribution < 1.29 is 23.5 Å². The standard InChI is InChI=1S/C23H29FN2O4/c1-4-25-23(28)17(2)26(16-18-7-9-19(24)10-8-18)22(27)6-5-15-30-21-13-11-20(29-3)12-14-21/h7-14,17H,4-6,15-16H2,1-3H3,(H,25,28)/t17-/m1/s1. The van der Waals surface area contributed by atoms with E-state index in [4.69, 9.17) is 9.47 Å². The fourth-order valence-corrected chi connectivity index (χ4v) is 2.92. The van der Waals surface area contributed by atoms with E-state index in [9.17, 15) is 14.0 Å². The molecule has 6 nitrogen and oxygen atoms in total. The fraction of sp³-hybridized carbons (Fsp3) is 0.391. The Hall–Kier alpha value is -3.09. The molecule has 0 radical (unpaired) electrons. The molecule has 1 N–H and O–H groups in total. The zero-order valence-corrected chi connectivity index (χ0v) is 17.7. The lowest BCUT2D eigenvalue weighted by molar-refractivity contribution is -0.140. The summed E-state index contributed by atoms with van der Waals surface area (Å²) in [5.74, 6) is 0.721. The van der Waals surface area contributed by atoms with E-state index in [-0.39, 0.29) is 30.6 Å². The number of likely N-dealkylation sites (N-methyl/N-ethyl adjacent to an activating group) is 1. The Kier molecular flexibility index (Phi) is 9.12. The molecule has 0 aliphatic heterocycles. The highest BCUT2D eigenvalue weighted by molar-refractivity contribution is 5.87. The number of carbonyl (C=O) groups is 2. The molecule has 2 amide bonds. The van der Waals surface area contributed by atoms with E-state index < -0.39 is 6.04 Å². The number of rotatable bonds is 11. The monoisotopic (exact) mass is 416 g/mol. The van der Waals surface area contributed by atoms with Gasteiger partial charge in [-0.2, -0.15) is 0 Å². The minimum Gasteiger partial charge on any atom is -0.497 e. The number of benzene rings is 2. The molecule has 0 saturated carbocycles. The molecule has 0 aromatic heterocycles. The number of nitrogens with zero attached hydrogens (tertiary/aromatic N) is 1. The quantitative estimate of drug-likeness (QED) is 0.569. The topological polar surface area (TPSA) is 67.9 Å². The summed E-state index contributed by atoms with van der Waals surface area (Å²) in [4.78, 5) is 26.7. The van der Waals surface area contributed by atoms with E-state index in [0.29, 0.717) is 25.3 Å². The zero-order valence-electron chi connectivity index (χ0n) is 17.7. The van der Waals surface area contributed by atoms with Crippen LogP contribution in [-0.4, -0.2) is 43.0 Å². The van der Waals surface area contributed by atoms with Gasteiger partial charge in [0.2, 0.25) is 11.8 Å². The molecular weight excluding hydrogens is 387 g/mol. The molecule has 2 aromatic carbocycles. The molecule has 162 valence electrons. The number of carbonyl (C=O) groups excluding carboxylic acids is 2. The van der Waals surface area contributed by atoms with E-state index in [1.807, 2.05) is 6.92 Å². The molecule has 0 fully saturated rings. The maximum Gasteiger partial charge on any atom is 0.242 e. The molecule has 0 unspecified atom stereocenters. The molecule has 1 atom stereocenters. The number of halogens is 1. The van der Waals surface area contributed by atoms with Crippen molar-refractivity contribution in [2.75, 3.05) is 20.3 Å². The van der Waals surface area contributed by atoms with Crippen LogP contribution in [0.15, 0.2) is 48.5 Å². The van der Waals surface area contributed by atoms with Gasteiger partial charge in [-0.15, -0.1) is 0 Å². The van der Waals surface area contributed by atoms with Crippen LogP contribution >= 0.6 is 0 Å². The van der Waals surface area contributed by atoms with Crippen LogP contribution in [0.1, 0.15) is 32.3 Å². The molecule has 7 heteroatoms. The van der Waals surface area contributed by atoms with Gasteiger partial charge in [0.1, 0.15) is 23.4 Å². The Bertz CT molecular complexity index is 809. The summed E-state index contributed by atoms with van der Waals surface area (Å²) in [6.07, 6.45) is 0.744. The van der Waals surface area contributed by atoms with Crippen molar-refractivity contribution in [3.8, 4) is 11.5 Å². The maximum absolute atomic E-state index is 13.2. The summed E-state index contributed by atoms with van der Waals surface area (Å²) in [5.41, 5.74) is 0.760.